The zero-order chi connectivity index (χ0) is 29.4. The number of aromatic nitrogens is 2. The van der Waals surface area contributed by atoms with E-state index in [-0.39, 0.29) is 22.1 Å². The lowest BCUT2D eigenvalue weighted by Crippen LogP contribution is -2.41. The fraction of sp³-hybridized carbons (Fsp3) is 0.370. The molecule has 1 N–H and O–H groups in total. The molecular formula is C27H25F6N5O2S. The van der Waals surface area contributed by atoms with Crippen LogP contribution in [0.2, 0.25) is 0 Å². The van der Waals surface area contributed by atoms with Crippen LogP contribution in [0.3, 0.4) is 0 Å². The molecule has 0 saturated carbocycles. The number of rotatable bonds is 6. The van der Waals surface area contributed by atoms with E-state index in [1.807, 2.05) is 0 Å². The number of aliphatic imine (C=N–C) groups is 1. The van der Waals surface area contributed by atoms with Crippen molar-refractivity contribution in [3.05, 3.63) is 69.8 Å². The van der Waals surface area contributed by atoms with Gasteiger partial charge in [0.1, 0.15) is 0 Å². The quantitative estimate of drug-likeness (QED) is 0.301. The number of amides is 1. The molecular weight excluding hydrogens is 572 g/mol. The topological polar surface area (TPSA) is 73.8 Å². The molecule has 14 heteroatoms. The molecule has 0 atom stereocenters. The van der Waals surface area contributed by atoms with Crippen LogP contribution in [0.25, 0.3) is 16.5 Å². The lowest BCUT2D eigenvalue weighted by atomic mass is 9.92. The first-order valence-corrected chi connectivity index (χ1v) is 13.5. The Morgan fingerprint density at radius 1 is 1.07 bits per heavy atom. The van der Waals surface area contributed by atoms with E-state index in [1.54, 1.807) is 30.1 Å². The maximum Gasteiger partial charge on any atom is 0.416 e. The first-order chi connectivity index (χ1) is 19.4. The SMILES string of the molecule is CN(CCN1CCOCC1)C1=NC(=O)C(=C(Cc2ccc(C(F)(F)F)cc2C(F)(F)F)c2ccc3[nH]ncc3c2)S1. The Morgan fingerprint density at radius 2 is 1.83 bits per heavy atom. The van der Waals surface area contributed by atoms with Gasteiger partial charge in [0.25, 0.3) is 5.91 Å². The van der Waals surface area contributed by atoms with Gasteiger partial charge in [0.2, 0.25) is 0 Å². The van der Waals surface area contributed by atoms with Crippen molar-refractivity contribution >= 4 is 39.3 Å². The molecule has 0 aliphatic carbocycles. The molecule has 0 bridgehead atoms. The number of hydrogen-bond acceptors (Lipinski definition) is 6. The third-order valence-electron chi connectivity index (χ3n) is 6.94. The Morgan fingerprint density at radius 3 is 2.54 bits per heavy atom. The predicted octanol–water partition coefficient (Wildman–Crippen LogP) is 5.45. The number of fused-ring (bicyclic) bond motifs is 1. The molecule has 218 valence electrons. The molecule has 5 rings (SSSR count). The standard InChI is InChI=1S/C27H25F6N5O2S/c1-37(6-7-38-8-10-40-11-9-38)25-35-24(39)23(41-25)20(16-3-5-22-18(12-16)15-34-36-22)13-17-2-4-19(26(28,29)30)14-21(17)27(31,32)33/h2-5,12,14-15H,6-11,13H2,1H3,(H,34,36). The number of ether oxygens (including phenoxy) is 1. The minimum absolute atomic E-state index is 0.113. The first kappa shape index (κ1) is 29.1. The third-order valence-corrected chi connectivity index (χ3v) is 8.15. The number of nitrogens with zero attached hydrogens (tertiary/aromatic N) is 4. The summed E-state index contributed by atoms with van der Waals surface area (Å²) in [6, 6.07) is 6.54. The van der Waals surface area contributed by atoms with Gasteiger partial charge in [-0.25, -0.2) is 0 Å². The van der Waals surface area contributed by atoms with Gasteiger partial charge in [-0.15, -0.1) is 0 Å². The van der Waals surface area contributed by atoms with Crippen LogP contribution in [-0.2, 0) is 28.3 Å². The number of benzene rings is 2. The van der Waals surface area contributed by atoms with Gasteiger partial charge in [0.15, 0.2) is 5.17 Å². The van der Waals surface area contributed by atoms with Crippen LogP contribution in [0.1, 0.15) is 22.3 Å². The van der Waals surface area contributed by atoms with Gasteiger partial charge in [0, 0.05) is 38.6 Å². The van der Waals surface area contributed by atoms with Gasteiger partial charge >= 0.3 is 12.4 Å². The van der Waals surface area contributed by atoms with E-state index in [9.17, 15) is 31.1 Å². The summed E-state index contributed by atoms with van der Waals surface area (Å²) in [6.45, 7) is 4.11. The number of thioether (sulfide) groups is 1. The zero-order valence-electron chi connectivity index (χ0n) is 21.8. The van der Waals surface area contributed by atoms with E-state index < -0.39 is 35.8 Å². The van der Waals surface area contributed by atoms with E-state index in [0.717, 1.165) is 30.9 Å². The van der Waals surface area contributed by atoms with E-state index in [0.29, 0.717) is 54.0 Å². The van der Waals surface area contributed by atoms with Crippen molar-refractivity contribution in [1.29, 1.82) is 0 Å². The number of hydrogen-bond donors (Lipinski definition) is 1. The summed E-state index contributed by atoms with van der Waals surface area (Å²) in [7, 11) is 1.78. The largest absolute Gasteiger partial charge is 0.416 e. The summed E-state index contributed by atoms with van der Waals surface area (Å²) >= 11 is 1.04. The number of morpholine rings is 1. The average Bonchev–Trinajstić information content (AvgIpc) is 3.56. The molecule has 2 aliphatic heterocycles. The lowest BCUT2D eigenvalue weighted by Gasteiger charge is -2.28. The van der Waals surface area contributed by atoms with Gasteiger partial charge in [-0.3, -0.25) is 14.8 Å². The van der Waals surface area contributed by atoms with E-state index >= 15 is 0 Å². The fourth-order valence-corrected chi connectivity index (χ4v) is 5.67. The molecule has 3 aromatic rings. The molecule has 1 aromatic heterocycles. The highest BCUT2D eigenvalue weighted by Gasteiger charge is 2.39. The summed E-state index contributed by atoms with van der Waals surface area (Å²) in [5.41, 5.74) is -1.85. The number of amidine groups is 1. The van der Waals surface area contributed by atoms with Crippen LogP contribution in [0.4, 0.5) is 26.3 Å². The molecule has 1 saturated heterocycles. The van der Waals surface area contributed by atoms with Crippen molar-refractivity contribution in [2.45, 2.75) is 18.8 Å². The van der Waals surface area contributed by atoms with Crippen molar-refractivity contribution in [3.8, 4) is 0 Å². The lowest BCUT2D eigenvalue weighted by molar-refractivity contribution is -0.143. The van der Waals surface area contributed by atoms with Crippen LogP contribution < -0.4 is 0 Å². The molecule has 0 spiro atoms. The van der Waals surface area contributed by atoms with Crippen LogP contribution >= 0.6 is 11.8 Å². The van der Waals surface area contributed by atoms with Crippen molar-refractivity contribution < 1.29 is 35.9 Å². The summed E-state index contributed by atoms with van der Waals surface area (Å²) in [5, 5.41) is 7.80. The second-order valence-corrected chi connectivity index (χ2v) is 10.7. The fourth-order valence-electron chi connectivity index (χ4n) is 4.67. The average molecular weight is 598 g/mol. The van der Waals surface area contributed by atoms with Crippen LogP contribution in [0, 0.1) is 0 Å². The number of nitrogens with one attached hydrogen (secondary N) is 1. The minimum Gasteiger partial charge on any atom is -0.379 e. The molecule has 3 heterocycles. The highest BCUT2D eigenvalue weighted by molar-refractivity contribution is 8.18. The number of halogens is 6. The second kappa shape index (κ2) is 11.5. The number of alkyl halides is 6. The van der Waals surface area contributed by atoms with Gasteiger partial charge in [0.05, 0.1) is 41.0 Å². The summed E-state index contributed by atoms with van der Waals surface area (Å²) < 4.78 is 87.1. The Bertz CT molecular complexity index is 1510. The number of carbonyl (C=O) groups excluding carboxylic acids is 1. The Kier molecular flexibility index (Phi) is 8.17. The van der Waals surface area contributed by atoms with Gasteiger partial charge in [-0.05, 0) is 59.1 Å². The predicted molar refractivity (Wildman–Crippen MR) is 143 cm³/mol. The van der Waals surface area contributed by atoms with E-state index in [2.05, 4.69) is 20.1 Å². The summed E-state index contributed by atoms with van der Waals surface area (Å²) in [5.74, 6) is -0.619. The highest BCUT2D eigenvalue weighted by Crippen LogP contribution is 2.41. The summed E-state index contributed by atoms with van der Waals surface area (Å²) in [4.78, 5) is 21.5. The molecule has 1 fully saturated rings. The van der Waals surface area contributed by atoms with Crippen LogP contribution in [-0.4, -0.2) is 77.5 Å². The Labute approximate surface area is 235 Å². The molecule has 0 radical (unpaired) electrons. The molecule has 1 amide bonds. The smallest absolute Gasteiger partial charge is 0.379 e. The van der Waals surface area contributed by atoms with Gasteiger partial charge in [-0.2, -0.15) is 36.4 Å². The van der Waals surface area contributed by atoms with Crippen LogP contribution in [0.5, 0.6) is 0 Å². The number of likely N-dealkylation sites (N-methyl/N-ethyl adjacent to an activating group) is 1. The maximum atomic E-state index is 14.0. The minimum atomic E-state index is -5.05. The Balaban J connectivity index is 1.50. The third kappa shape index (κ3) is 6.60. The van der Waals surface area contributed by atoms with Crippen molar-refractivity contribution in [2.75, 3.05) is 46.4 Å². The molecule has 2 aromatic carbocycles. The van der Waals surface area contributed by atoms with Crippen LogP contribution in [0.15, 0.2) is 52.5 Å². The molecule has 0 unspecified atom stereocenters. The van der Waals surface area contributed by atoms with Crippen molar-refractivity contribution in [3.63, 3.8) is 0 Å². The number of allylic oxidation sites excluding steroid dienone is 1. The van der Waals surface area contributed by atoms with Crippen molar-refractivity contribution in [2.24, 2.45) is 4.99 Å². The number of carbonyl (C=O) groups is 1. The second-order valence-electron chi connectivity index (χ2n) is 9.70. The highest BCUT2D eigenvalue weighted by atomic mass is 32.2. The van der Waals surface area contributed by atoms with Gasteiger partial charge < -0.3 is 9.64 Å². The zero-order valence-corrected chi connectivity index (χ0v) is 22.6. The van der Waals surface area contributed by atoms with Gasteiger partial charge in [-0.1, -0.05) is 12.1 Å². The molecule has 7 nitrogen and oxygen atoms in total. The maximum absolute atomic E-state index is 14.0. The number of H-pyrrole nitrogens is 1. The normalized spacial score (nSPS) is 18.2. The number of aromatic amines is 1. The van der Waals surface area contributed by atoms with E-state index in [4.69, 9.17) is 4.74 Å². The summed E-state index contributed by atoms with van der Waals surface area (Å²) in [6.07, 6.45) is -8.90. The molecule has 41 heavy (non-hydrogen) atoms. The van der Waals surface area contributed by atoms with Crippen molar-refractivity contribution in [1.82, 2.24) is 20.0 Å². The van der Waals surface area contributed by atoms with E-state index in [1.165, 1.54) is 6.20 Å². The Hall–Kier alpha value is -3.36. The molecule has 2 aliphatic rings. The monoisotopic (exact) mass is 597 g/mol. The first-order valence-electron chi connectivity index (χ1n) is 12.7.